The Morgan fingerprint density at radius 1 is 1.24 bits per heavy atom. The minimum absolute atomic E-state index is 0.351. The Labute approximate surface area is 106 Å². The minimum atomic E-state index is 0.351. The van der Waals surface area contributed by atoms with Crippen molar-refractivity contribution in [1.82, 2.24) is 4.90 Å². The molecule has 0 spiro atoms. The zero-order valence-electron chi connectivity index (χ0n) is 11.2. The van der Waals surface area contributed by atoms with Crippen LogP contribution in [0.15, 0.2) is 0 Å². The lowest BCUT2D eigenvalue weighted by atomic mass is 9.95. The van der Waals surface area contributed by atoms with E-state index in [1.54, 1.807) is 0 Å². The fourth-order valence-corrected chi connectivity index (χ4v) is 3.24. The normalized spacial score (nSPS) is 36.7. The van der Waals surface area contributed by atoms with Crippen molar-refractivity contribution in [2.75, 3.05) is 26.3 Å². The molecule has 2 saturated heterocycles. The second-order valence-electron chi connectivity index (χ2n) is 5.69. The third kappa shape index (κ3) is 3.67. The van der Waals surface area contributed by atoms with Gasteiger partial charge < -0.3 is 10.5 Å². The predicted molar refractivity (Wildman–Crippen MR) is 71.0 cm³/mol. The number of hydrogen-bond acceptors (Lipinski definition) is 3. The first-order valence-electron chi connectivity index (χ1n) is 7.38. The molecule has 2 rings (SSSR count). The maximum Gasteiger partial charge on any atom is 0.0521 e. The van der Waals surface area contributed by atoms with Crippen LogP contribution in [-0.4, -0.2) is 43.3 Å². The van der Waals surface area contributed by atoms with Crippen molar-refractivity contribution in [3.8, 4) is 0 Å². The highest BCUT2D eigenvalue weighted by Gasteiger charge is 2.27. The van der Waals surface area contributed by atoms with Gasteiger partial charge in [0, 0.05) is 31.2 Å². The highest BCUT2D eigenvalue weighted by atomic mass is 16.5. The lowest BCUT2D eigenvalue weighted by Gasteiger charge is -2.36. The van der Waals surface area contributed by atoms with Gasteiger partial charge >= 0.3 is 0 Å². The number of rotatable bonds is 3. The second-order valence-corrected chi connectivity index (χ2v) is 5.69. The Morgan fingerprint density at radius 3 is 2.88 bits per heavy atom. The van der Waals surface area contributed by atoms with E-state index in [9.17, 15) is 0 Å². The summed E-state index contributed by atoms with van der Waals surface area (Å²) in [5, 5.41) is 0. The molecule has 2 fully saturated rings. The highest BCUT2D eigenvalue weighted by molar-refractivity contribution is 4.83. The van der Waals surface area contributed by atoms with Gasteiger partial charge in [-0.3, -0.25) is 4.90 Å². The van der Waals surface area contributed by atoms with Gasteiger partial charge in [0.2, 0.25) is 0 Å². The maximum absolute atomic E-state index is 6.22. The molecule has 3 nitrogen and oxygen atoms in total. The summed E-state index contributed by atoms with van der Waals surface area (Å²) in [6.45, 7) is 6.46. The summed E-state index contributed by atoms with van der Waals surface area (Å²) in [7, 11) is 0. The van der Waals surface area contributed by atoms with Crippen LogP contribution in [0, 0.1) is 5.92 Å². The molecule has 0 radical (unpaired) electrons. The molecular formula is C14H28N2O. The Hall–Kier alpha value is -0.120. The zero-order valence-corrected chi connectivity index (χ0v) is 11.2. The summed E-state index contributed by atoms with van der Waals surface area (Å²) in [6.07, 6.45) is 7.86. The van der Waals surface area contributed by atoms with E-state index in [1.807, 2.05) is 0 Å². The fraction of sp³-hybridized carbons (Fsp3) is 1.00. The summed E-state index contributed by atoms with van der Waals surface area (Å²) >= 11 is 0. The Morgan fingerprint density at radius 2 is 2.12 bits per heavy atom. The molecule has 2 N–H and O–H groups in total. The van der Waals surface area contributed by atoms with Crippen LogP contribution in [0.4, 0.5) is 0 Å². The van der Waals surface area contributed by atoms with Gasteiger partial charge in [-0.2, -0.15) is 0 Å². The fourth-order valence-electron chi connectivity index (χ4n) is 3.24. The maximum atomic E-state index is 6.22. The zero-order chi connectivity index (χ0) is 12.1. The molecule has 2 aliphatic rings. The molecule has 0 saturated carbocycles. The van der Waals surface area contributed by atoms with Gasteiger partial charge in [-0.15, -0.1) is 0 Å². The number of likely N-dealkylation sites (tertiary alicyclic amines) is 1. The molecule has 100 valence electrons. The summed E-state index contributed by atoms with van der Waals surface area (Å²) in [4.78, 5) is 2.69. The van der Waals surface area contributed by atoms with Crippen molar-refractivity contribution in [2.24, 2.45) is 11.7 Å². The van der Waals surface area contributed by atoms with Gasteiger partial charge in [0.05, 0.1) is 6.61 Å². The van der Waals surface area contributed by atoms with Crippen LogP contribution in [0.5, 0.6) is 0 Å². The third-order valence-electron chi connectivity index (χ3n) is 4.47. The SMILES string of the molecule is CCC1CCCCCN1CC1COCCC1N. The van der Waals surface area contributed by atoms with Crippen molar-refractivity contribution in [2.45, 2.75) is 57.5 Å². The molecule has 2 aliphatic heterocycles. The van der Waals surface area contributed by atoms with Gasteiger partial charge in [0.15, 0.2) is 0 Å². The summed E-state index contributed by atoms with van der Waals surface area (Å²) in [5.74, 6) is 0.552. The standard InChI is InChI=1S/C14H28N2O/c1-2-13-6-4-3-5-8-16(13)10-12-11-17-9-7-14(12)15/h12-14H,2-11,15H2,1H3. The van der Waals surface area contributed by atoms with E-state index in [4.69, 9.17) is 10.5 Å². The minimum Gasteiger partial charge on any atom is -0.381 e. The van der Waals surface area contributed by atoms with E-state index in [-0.39, 0.29) is 0 Å². The van der Waals surface area contributed by atoms with Gasteiger partial charge in [-0.25, -0.2) is 0 Å². The van der Waals surface area contributed by atoms with Crippen molar-refractivity contribution < 1.29 is 4.74 Å². The van der Waals surface area contributed by atoms with E-state index in [1.165, 1.54) is 38.6 Å². The smallest absolute Gasteiger partial charge is 0.0521 e. The molecule has 17 heavy (non-hydrogen) atoms. The van der Waals surface area contributed by atoms with Crippen LogP contribution in [0.25, 0.3) is 0 Å². The summed E-state index contributed by atoms with van der Waals surface area (Å²) in [5.41, 5.74) is 6.22. The van der Waals surface area contributed by atoms with E-state index < -0.39 is 0 Å². The lowest BCUT2D eigenvalue weighted by molar-refractivity contribution is 0.0190. The summed E-state index contributed by atoms with van der Waals surface area (Å²) in [6, 6.07) is 1.14. The predicted octanol–water partition coefficient (Wildman–Crippen LogP) is 2.00. The quantitative estimate of drug-likeness (QED) is 0.820. The summed E-state index contributed by atoms with van der Waals surface area (Å²) < 4.78 is 5.59. The highest BCUT2D eigenvalue weighted by Crippen LogP contribution is 2.22. The number of nitrogens with two attached hydrogens (primary N) is 1. The van der Waals surface area contributed by atoms with Crippen LogP contribution in [-0.2, 0) is 4.74 Å². The topological polar surface area (TPSA) is 38.5 Å². The van der Waals surface area contributed by atoms with Crippen LogP contribution in [0.1, 0.15) is 45.4 Å². The van der Waals surface area contributed by atoms with E-state index in [0.29, 0.717) is 12.0 Å². The molecule has 3 atom stereocenters. The first-order valence-corrected chi connectivity index (χ1v) is 7.38. The Balaban J connectivity index is 1.89. The molecule has 0 bridgehead atoms. The first kappa shape index (κ1) is 13.3. The van der Waals surface area contributed by atoms with Crippen LogP contribution >= 0.6 is 0 Å². The van der Waals surface area contributed by atoms with Crippen LogP contribution in [0.3, 0.4) is 0 Å². The molecule has 0 amide bonds. The van der Waals surface area contributed by atoms with Crippen molar-refractivity contribution in [1.29, 1.82) is 0 Å². The van der Waals surface area contributed by atoms with Gasteiger partial charge in [-0.05, 0) is 32.2 Å². The van der Waals surface area contributed by atoms with E-state index in [2.05, 4.69) is 11.8 Å². The molecule has 0 aliphatic carbocycles. The monoisotopic (exact) mass is 240 g/mol. The Kier molecular flexibility index (Phi) is 5.26. The molecule has 0 aromatic carbocycles. The lowest BCUT2D eigenvalue weighted by Crippen LogP contribution is -2.47. The molecule has 0 aromatic rings. The average molecular weight is 240 g/mol. The van der Waals surface area contributed by atoms with Gasteiger partial charge in [0.25, 0.3) is 0 Å². The van der Waals surface area contributed by atoms with Gasteiger partial charge in [-0.1, -0.05) is 19.8 Å². The Bertz CT molecular complexity index is 222. The molecule has 3 unspecified atom stereocenters. The van der Waals surface area contributed by atoms with E-state index in [0.717, 1.165) is 32.2 Å². The largest absolute Gasteiger partial charge is 0.381 e. The number of nitrogens with zero attached hydrogens (tertiary/aromatic N) is 1. The van der Waals surface area contributed by atoms with Crippen molar-refractivity contribution >= 4 is 0 Å². The molecule has 3 heteroatoms. The van der Waals surface area contributed by atoms with Crippen molar-refractivity contribution in [3.63, 3.8) is 0 Å². The first-order chi connectivity index (χ1) is 8.31. The molecular weight excluding hydrogens is 212 g/mol. The number of ether oxygens (including phenoxy) is 1. The second kappa shape index (κ2) is 6.72. The van der Waals surface area contributed by atoms with Crippen LogP contribution in [0.2, 0.25) is 0 Å². The van der Waals surface area contributed by atoms with Crippen molar-refractivity contribution in [3.05, 3.63) is 0 Å². The van der Waals surface area contributed by atoms with Crippen LogP contribution < -0.4 is 5.73 Å². The molecule has 0 aromatic heterocycles. The number of hydrogen-bond donors (Lipinski definition) is 1. The molecule has 2 heterocycles. The third-order valence-corrected chi connectivity index (χ3v) is 4.47. The van der Waals surface area contributed by atoms with Gasteiger partial charge in [0.1, 0.15) is 0 Å². The van der Waals surface area contributed by atoms with E-state index >= 15 is 0 Å². The average Bonchev–Trinajstić information content (AvgIpc) is 2.57.